The number of carbonyl (C=O) groups is 2. The topological polar surface area (TPSA) is 62.6 Å². The summed E-state index contributed by atoms with van der Waals surface area (Å²) in [6.45, 7) is 0.654. The van der Waals surface area contributed by atoms with Crippen LogP contribution >= 0.6 is 11.3 Å². The molecule has 6 heteroatoms. The van der Waals surface area contributed by atoms with Crippen LogP contribution < -0.4 is 10.2 Å². The Bertz CT molecular complexity index is 885. The Morgan fingerprint density at radius 1 is 1.17 bits per heavy atom. The first-order valence-corrected chi connectivity index (χ1v) is 8.43. The molecule has 5 nitrogen and oxygen atoms in total. The maximum absolute atomic E-state index is 12.6. The van der Waals surface area contributed by atoms with E-state index in [1.807, 2.05) is 35.7 Å². The summed E-state index contributed by atoms with van der Waals surface area (Å²) in [6.07, 6.45) is 2.28. The molecule has 0 fully saturated rings. The molecule has 1 N–H and O–H groups in total. The number of hydrogen-bond donors (Lipinski definition) is 1. The number of furan rings is 1. The lowest BCUT2D eigenvalue weighted by molar-refractivity contribution is 0.0988. The van der Waals surface area contributed by atoms with Crippen molar-refractivity contribution in [2.24, 2.45) is 0 Å². The summed E-state index contributed by atoms with van der Waals surface area (Å²) in [7, 11) is 0. The molecule has 1 aliphatic heterocycles. The highest BCUT2D eigenvalue weighted by Gasteiger charge is 2.26. The van der Waals surface area contributed by atoms with Gasteiger partial charge in [0.1, 0.15) is 0 Å². The Kier molecular flexibility index (Phi) is 3.66. The molecule has 1 aromatic carbocycles. The van der Waals surface area contributed by atoms with Crippen molar-refractivity contribution in [3.8, 4) is 0 Å². The summed E-state index contributed by atoms with van der Waals surface area (Å²) in [4.78, 5) is 27.2. The van der Waals surface area contributed by atoms with Crippen LogP contribution in [0.15, 0.2) is 58.5 Å². The Hall–Kier alpha value is -2.86. The number of thiophene rings is 1. The molecule has 1 aliphatic rings. The molecule has 0 saturated heterocycles. The number of carbonyl (C=O) groups excluding carboxylic acids is 2. The second kappa shape index (κ2) is 5.98. The van der Waals surface area contributed by atoms with Gasteiger partial charge in [-0.2, -0.15) is 0 Å². The molecule has 0 saturated carbocycles. The fraction of sp³-hybridized carbons (Fsp3) is 0.111. The number of amides is 2. The summed E-state index contributed by atoms with van der Waals surface area (Å²) in [5, 5.41) is 4.69. The van der Waals surface area contributed by atoms with E-state index in [4.69, 9.17) is 4.42 Å². The van der Waals surface area contributed by atoms with Gasteiger partial charge in [0, 0.05) is 17.9 Å². The zero-order chi connectivity index (χ0) is 16.5. The number of rotatable bonds is 3. The maximum Gasteiger partial charge on any atom is 0.291 e. The molecule has 0 atom stereocenters. The number of hydrogen-bond acceptors (Lipinski definition) is 4. The van der Waals surface area contributed by atoms with E-state index in [0.717, 1.165) is 17.7 Å². The highest BCUT2D eigenvalue weighted by molar-refractivity contribution is 7.12. The average molecular weight is 338 g/mol. The molecule has 2 aromatic heterocycles. The van der Waals surface area contributed by atoms with Crippen molar-refractivity contribution < 1.29 is 14.0 Å². The van der Waals surface area contributed by atoms with E-state index < -0.39 is 0 Å². The number of anilines is 2. The minimum atomic E-state index is -0.311. The smallest absolute Gasteiger partial charge is 0.291 e. The molecule has 2 amide bonds. The van der Waals surface area contributed by atoms with E-state index >= 15 is 0 Å². The van der Waals surface area contributed by atoms with Gasteiger partial charge in [-0.15, -0.1) is 11.3 Å². The van der Waals surface area contributed by atoms with E-state index in [1.165, 1.54) is 17.6 Å². The summed E-state index contributed by atoms with van der Waals surface area (Å²) in [5.41, 5.74) is 2.60. The third-order valence-electron chi connectivity index (χ3n) is 3.96. The number of benzene rings is 1. The summed E-state index contributed by atoms with van der Waals surface area (Å²) >= 11 is 1.43. The number of nitrogens with zero attached hydrogens (tertiary/aromatic N) is 1. The first-order valence-electron chi connectivity index (χ1n) is 7.55. The van der Waals surface area contributed by atoms with Crippen LogP contribution in [0.5, 0.6) is 0 Å². The van der Waals surface area contributed by atoms with E-state index in [1.54, 1.807) is 17.0 Å². The quantitative estimate of drug-likeness (QED) is 0.790. The van der Waals surface area contributed by atoms with Gasteiger partial charge in [-0.1, -0.05) is 12.1 Å². The van der Waals surface area contributed by atoms with Crippen molar-refractivity contribution in [2.45, 2.75) is 6.42 Å². The minimum Gasteiger partial charge on any atom is -0.459 e. The normalized spacial score (nSPS) is 12.9. The van der Waals surface area contributed by atoms with Gasteiger partial charge in [-0.25, -0.2) is 0 Å². The third-order valence-corrected chi connectivity index (χ3v) is 4.82. The predicted molar refractivity (Wildman–Crippen MR) is 92.8 cm³/mol. The van der Waals surface area contributed by atoms with E-state index in [2.05, 4.69) is 5.32 Å². The van der Waals surface area contributed by atoms with Crippen LogP contribution in [-0.4, -0.2) is 18.4 Å². The highest BCUT2D eigenvalue weighted by atomic mass is 32.1. The lowest BCUT2D eigenvalue weighted by Crippen LogP contribution is -2.28. The van der Waals surface area contributed by atoms with Crippen LogP contribution in [0.25, 0.3) is 0 Å². The lowest BCUT2D eigenvalue weighted by atomic mass is 10.1. The fourth-order valence-corrected chi connectivity index (χ4v) is 3.47. The Morgan fingerprint density at radius 3 is 2.83 bits per heavy atom. The monoisotopic (exact) mass is 338 g/mol. The Balaban J connectivity index is 1.59. The predicted octanol–water partition coefficient (Wildman–Crippen LogP) is 3.80. The van der Waals surface area contributed by atoms with Crippen LogP contribution in [0.2, 0.25) is 0 Å². The third kappa shape index (κ3) is 2.61. The molecule has 120 valence electrons. The molecule has 3 aromatic rings. The van der Waals surface area contributed by atoms with Gasteiger partial charge in [-0.05, 0) is 47.7 Å². The SMILES string of the molecule is O=C(Nc1ccc2c(c1)N(C(=O)c1cccs1)CC2)c1ccco1. The van der Waals surface area contributed by atoms with Crippen LogP contribution in [0.4, 0.5) is 11.4 Å². The van der Waals surface area contributed by atoms with Crippen LogP contribution in [0.1, 0.15) is 25.8 Å². The summed E-state index contributed by atoms with van der Waals surface area (Å²) in [5.74, 6) is -0.0608. The molecular formula is C18H14N2O3S. The molecule has 0 unspecified atom stereocenters. The van der Waals surface area contributed by atoms with Crippen molar-refractivity contribution >= 4 is 34.5 Å². The molecule has 4 rings (SSSR count). The van der Waals surface area contributed by atoms with Crippen LogP contribution in [-0.2, 0) is 6.42 Å². The van der Waals surface area contributed by atoms with E-state index in [9.17, 15) is 9.59 Å². The van der Waals surface area contributed by atoms with Crippen molar-refractivity contribution in [1.82, 2.24) is 0 Å². The number of nitrogens with one attached hydrogen (secondary N) is 1. The van der Waals surface area contributed by atoms with Gasteiger partial charge in [0.15, 0.2) is 5.76 Å². The average Bonchev–Trinajstić information content (AvgIpc) is 3.33. The molecule has 0 radical (unpaired) electrons. The van der Waals surface area contributed by atoms with Crippen LogP contribution in [0, 0.1) is 0 Å². The second-order valence-electron chi connectivity index (χ2n) is 5.46. The van der Waals surface area contributed by atoms with Gasteiger partial charge in [-0.3, -0.25) is 9.59 Å². The highest BCUT2D eigenvalue weighted by Crippen LogP contribution is 2.32. The molecule has 0 spiro atoms. The first kappa shape index (κ1) is 14.7. The van der Waals surface area contributed by atoms with Crippen LogP contribution in [0.3, 0.4) is 0 Å². The van der Waals surface area contributed by atoms with Crippen molar-refractivity contribution in [2.75, 3.05) is 16.8 Å². The first-order chi connectivity index (χ1) is 11.7. The summed E-state index contributed by atoms with van der Waals surface area (Å²) in [6, 6.07) is 12.6. The Morgan fingerprint density at radius 2 is 2.08 bits per heavy atom. The maximum atomic E-state index is 12.6. The zero-order valence-electron chi connectivity index (χ0n) is 12.7. The fourth-order valence-electron chi connectivity index (χ4n) is 2.80. The molecular weight excluding hydrogens is 324 g/mol. The minimum absolute atomic E-state index is 0.00161. The largest absolute Gasteiger partial charge is 0.459 e. The Labute approximate surface area is 142 Å². The van der Waals surface area contributed by atoms with Gasteiger partial charge in [0.2, 0.25) is 0 Å². The van der Waals surface area contributed by atoms with E-state index in [0.29, 0.717) is 17.1 Å². The van der Waals surface area contributed by atoms with Gasteiger partial charge < -0.3 is 14.6 Å². The lowest BCUT2D eigenvalue weighted by Gasteiger charge is -2.17. The standard InChI is InChI=1S/C18H14N2O3S/c21-17(15-3-1-9-23-15)19-13-6-5-12-7-8-20(14(12)11-13)18(22)16-4-2-10-24-16/h1-6,9-11H,7-8H2,(H,19,21). The van der Waals surface area contributed by atoms with Gasteiger partial charge >= 0.3 is 0 Å². The van der Waals surface area contributed by atoms with Gasteiger partial charge in [0.05, 0.1) is 11.1 Å². The molecule has 3 heterocycles. The van der Waals surface area contributed by atoms with Crippen molar-refractivity contribution in [1.29, 1.82) is 0 Å². The molecule has 0 bridgehead atoms. The molecule has 0 aliphatic carbocycles. The summed E-state index contributed by atoms with van der Waals surface area (Å²) < 4.78 is 5.09. The number of fused-ring (bicyclic) bond motifs is 1. The molecule has 24 heavy (non-hydrogen) atoms. The second-order valence-corrected chi connectivity index (χ2v) is 6.41. The van der Waals surface area contributed by atoms with Crippen molar-refractivity contribution in [3.63, 3.8) is 0 Å². The van der Waals surface area contributed by atoms with Gasteiger partial charge in [0.25, 0.3) is 11.8 Å². The van der Waals surface area contributed by atoms with E-state index in [-0.39, 0.29) is 17.6 Å². The zero-order valence-corrected chi connectivity index (χ0v) is 13.5. The van der Waals surface area contributed by atoms with Crippen molar-refractivity contribution in [3.05, 3.63) is 70.3 Å².